The summed E-state index contributed by atoms with van der Waals surface area (Å²) in [5.41, 5.74) is 0.346. The minimum absolute atomic E-state index is 0.146. The summed E-state index contributed by atoms with van der Waals surface area (Å²) >= 11 is 0. The van der Waals surface area contributed by atoms with E-state index in [9.17, 15) is 10.2 Å². The van der Waals surface area contributed by atoms with Gasteiger partial charge in [-0.2, -0.15) is 5.26 Å². The molecule has 1 aromatic heterocycles. The van der Waals surface area contributed by atoms with Gasteiger partial charge in [-0.15, -0.1) is 0 Å². The summed E-state index contributed by atoms with van der Waals surface area (Å²) in [6, 6.07) is 1.95. The van der Waals surface area contributed by atoms with Crippen molar-refractivity contribution in [1.29, 1.82) is 5.26 Å². The van der Waals surface area contributed by atoms with Crippen molar-refractivity contribution in [2.24, 2.45) is 0 Å². The molecule has 0 aliphatic rings. The third-order valence-corrected chi connectivity index (χ3v) is 1.84. The van der Waals surface area contributed by atoms with Gasteiger partial charge < -0.3 is 14.9 Å². The Morgan fingerprint density at radius 1 is 1.47 bits per heavy atom. The number of hydrogen-bond acceptors (Lipinski definition) is 6. The normalized spacial score (nSPS) is 14.0. The lowest BCUT2D eigenvalue weighted by molar-refractivity contribution is 0.0211. The molecule has 1 heterocycles. The third-order valence-electron chi connectivity index (χ3n) is 1.84. The zero-order valence-corrected chi connectivity index (χ0v) is 8.16. The molecule has 6 nitrogen and oxygen atoms in total. The van der Waals surface area contributed by atoms with Crippen molar-refractivity contribution in [1.82, 2.24) is 9.97 Å². The maximum Gasteiger partial charge on any atom is 0.316 e. The summed E-state index contributed by atoms with van der Waals surface area (Å²) in [5, 5.41) is 27.2. The molecule has 0 saturated heterocycles. The highest BCUT2D eigenvalue weighted by Gasteiger charge is 2.18. The van der Waals surface area contributed by atoms with Crippen LogP contribution in [0, 0.1) is 11.3 Å². The topological polar surface area (TPSA) is 99.3 Å². The minimum atomic E-state index is -1.16. The fourth-order valence-corrected chi connectivity index (χ4v) is 1.01. The van der Waals surface area contributed by atoms with Crippen LogP contribution in [-0.2, 0) is 0 Å². The van der Waals surface area contributed by atoms with Crippen LogP contribution in [0.25, 0.3) is 0 Å². The van der Waals surface area contributed by atoms with Crippen LogP contribution >= 0.6 is 0 Å². The Labute approximate surface area is 86.8 Å². The summed E-state index contributed by atoms with van der Waals surface area (Å²) in [5.74, 6) is 0. The number of rotatable bonds is 4. The van der Waals surface area contributed by atoms with E-state index in [4.69, 9.17) is 10.00 Å². The molecule has 0 aliphatic carbocycles. The van der Waals surface area contributed by atoms with Gasteiger partial charge in [0, 0.05) is 18.0 Å². The van der Waals surface area contributed by atoms with Crippen molar-refractivity contribution in [3.05, 3.63) is 18.0 Å². The zero-order valence-electron chi connectivity index (χ0n) is 8.16. The Morgan fingerprint density at radius 3 is 2.53 bits per heavy atom. The van der Waals surface area contributed by atoms with Crippen molar-refractivity contribution in [2.75, 3.05) is 7.11 Å². The number of methoxy groups -OCH3 is 1. The molecule has 0 aromatic carbocycles. The van der Waals surface area contributed by atoms with Crippen LogP contribution in [0.4, 0.5) is 0 Å². The van der Waals surface area contributed by atoms with Gasteiger partial charge in [0.05, 0.1) is 25.7 Å². The average Bonchev–Trinajstić information content (AvgIpc) is 2.28. The summed E-state index contributed by atoms with van der Waals surface area (Å²) < 4.78 is 4.74. The van der Waals surface area contributed by atoms with E-state index in [0.717, 1.165) is 0 Å². The molecule has 1 rings (SSSR count). The van der Waals surface area contributed by atoms with Crippen LogP contribution in [0.15, 0.2) is 12.4 Å². The molecule has 6 heteroatoms. The van der Waals surface area contributed by atoms with Crippen LogP contribution in [0.1, 0.15) is 18.1 Å². The van der Waals surface area contributed by atoms with Crippen molar-refractivity contribution in [3.63, 3.8) is 0 Å². The van der Waals surface area contributed by atoms with E-state index < -0.39 is 12.2 Å². The summed E-state index contributed by atoms with van der Waals surface area (Å²) in [6.07, 6.45) is 0.254. The van der Waals surface area contributed by atoms with Crippen LogP contribution in [0.2, 0.25) is 0 Å². The molecular formula is C9H11N3O3. The van der Waals surface area contributed by atoms with Gasteiger partial charge in [0.2, 0.25) is 0 Å². The van der Waals surface area contributed by atoms with Gasteiger partial charge in [-0.3, -0.25) is 0 Å². The summed E-state index contributed by atoms with van der Waals surface area (Å²) in [7, 11) is 1.43. The fraction of sp³-hybridized carbons (Fsp3) is 0.444. The van der Waals surface area contributed by atoms with Gasteiger partial charge in [0.25, 0.3) is 0 Å². The third kappa shape index (κ3) is 2.87. The molecule has 1 aromatic rings. The number of aliphatic hydroxyl groups is 2. The van der Waals surface area contributed by atoms with Gasteiger partial charge in [0.1, 0.15) is 6.10 Å². The molecule has 0 fully saturated rings. The predicted octanol–water partition coefficient (Wildman–Crippen LogP) is -0.207. The van der Waals surface area contributed by atoms with Crippen LogP contribution in [0.5, 0.6) is 6.01 Å². The number of aliphatic hydroxyl groups excluding tert-OH is 2. The number of ether oxygens (including phenoxy) is 1. The van der Waals surface area contributed by atoms with E-state index in [1.165, 1.54) is 19.5 Å². The van der Waals surface area contributed by atoms with Crippen molar-refractivity contribution >= 4 is 0 Å². The Balaban J connectivity index is 2.74. The second-order valence-corrected chi connectivity index (χ2v) is 2.88. The molecule has 0 aliphatic heterocycles. The zero-order chi connectivity index (χ0) is 11.3. The first-order chi connectivity index (χ1) is 7.19. The number of nitrogens with zero attached hydrogens (tertiary/aromatic N) is 3. The Morgan fingerprint density at radius 2 is 2.07 bits per heavy atom. The number of nitriles is 1. The highest BCUT2D eigenvalue weighted by atomic mass is 16.5. The largest absolute Gasteiger partial charge is 0.467 e. The molecule has 0 radical (unpaired) electrons. The molecule has 0 saturated carbocycles. The van der Waals surface area contributed by atoms with Crippen LogP contribution < -0.4 is 4.74 Å². The number of aromatic nitrogens is 2. The SMILES string of the molecule is COc1ncc(C(O)C(O)CC#N)cn1. The quantitative estimate of drug-likeness (QED) is 0.712. The highest BCUT2D eigenvalue weighted by Crippen LogP contribution is 2.17. The molecule has 15 heavy (non-hydrogen) atoms. The fourth-order valence-electron chi connectivity index (χ4n) is 1.01. The van der Waals surface area contributed by atoms with Crippen molar-refractivity contribution in [3.8, 4) is 12.1 Å². The second-order valence-electron chi connectivity index (χ2n) is 2.88. The second kappa shape index (κ2) is 5.24. The lowest BCUT2D eigenvalue weighted by atomic mass is 10.1. The van der Waals surface area contributed by atoms with Gasteiger partial charge in [0.15, 0.2) is 0 Å². The van der Waals surface area contributed by atoms with E-state index in [0.29, 0.717) is 5.56 Å². The van der Waals surface area contributed by atoms with Crippen molar-refractivity contribution in [2.45, 2.75) is 18.6 Å². The van der Waals surface area contributed by atoms with E-state index in [1.54, 1.807) is 6.07 Å². The molecule has 2 atom stereocenters. The molecule has 0 amide bonds. The first-order valence-corrected chi connectivity index (χ1v) is 4.28. The highest BCUT2D eigenvalue weighted by molar-refractivity contribution is 5.12. The van der Waals surface area contributed by atoms with Gasteiger partial charge in [-0.1, -0.05) is 0 Å². The smallest absolute Gasteiger partial charge is 0.316 e. The van der Waals surface area contributed by atoms with Crippen molar-refractivity contribution < 1.29 is 14.9 Å². The average molecular weight is 209 g/mol. The molecule has 2 unspecified atom stereocenters. The first-order valence-electron chi connectivity index (χ1n) is 4.28. The van der Waals surface area contributed by atoms with Gasteiger partial charge >= 0.3 is 6.01 Å². The van der Waals surface area contributed by atoms with Gasteiger partial charge in [-0.05, 0) is 0 Å². The van der Waals surface area contributed by atoms with E-state index in [-0.39, 0.29) is 12.4 Å². The molecule has 0 spiro atoms. The molecular weight excluding hydrogens is 198 g/mol. The summed E-state index contributed by atoms with van der Waals surface area (Å²) in [4.78, 5) is 7.55. The van der Waals surface area contributed by atoms with Crippen LogP contribution in [-0.4, -0.2) is 33.4 Å². The van der Waals surface area contributed by atoms with E-state index in [1.807, 2.05) is 0 Å². The Hall–Kier alpha value is -1.71. The standard InChI is InChI=1S/C9H11N3O3/c1-15-9-11-4-6(5-12-9)8(14)7(13)2-3-10/h4-5,7-8,13-14H,2H2,1H3. The number of hydrogen-bond donors (Lipinski definition) is 2. The lowest BCUT2D eigenvalue weighted by Crippen LogP contribution is -2.17. The monoisotopic (exact) mass is 209 g/mol. The summed E-state index contributed by atoms with van der Waals surface area (Å²) in [6.45, 7) is 0. The maximum atomic E-state index is 9.56. The molecule has 80 valence electrons. The van der Waals surface area contributed by atoms with Crippen LogP contribution in [0.3, 0.4) is 0 Å². The van der Waals surface area contributed by atoms with E-state index >= 15 is 0 Å². The lowest BCUT2D eigenvalue weighted by Gasteiger charge is -2.14. The maximum absolute atomic E-state index is 9.56. The minimum Gasteiger partial charge on any atom is -0.467 e. The van der Waals surface area contributed by atoms with Gasteiger partial charge in [-0.25, -0.2) is 9.97 Å². The Bertz CT molecular complexity index is 347. The molecule has 2 N–H and O–H groups in total. The predicted molar refractivity (Wildman–Crippen MR) is 49.8 cm³/mol. The first kappa shape index (κ1) is 11.4. The van der Waals surface area contributed by atoms with E-state index in [2.05, 4.69) is 9.97 Å². The Kier molecular flexibility index (Phi) is 3.97. The molecule has 0 bridgehead atoms.